The van der Waals surface area contributed by atoms with Gasteiger partial charge < -0.3 is 14.6 Å². The number of H-pyrrole nitrogens is 1. The van der Waals surface area contributed by atoms with Crippen LogP contribution in [0.3, 0.4) is 0 Å². The second kappa shape index (κ2) is 7.37. The molecule has 0 fully saturated rings. The van der Waals surface area contributed by atoms with Crippen LogP contribution in [-0.4, -0.2) is 33.9 Å². The molecule has 0 aliphatic carbocycles. The van der Waals surface area contributed by atoms with Gasteiger partial charge in [-0.25, -0.2) is 4.98 Å². The van der Waals surface area contributed by atoms with E-state index in [9.17, 15) is 4.79 Å². The van der Waals surface area contributed by atoms with Gasteiger partial charge in [-0.05, 0) is 47.5 Å². The van der Waals surface area contributed by atoms with Gasteiger partial charge in [0.25, 0.3) is 5.91 Å². The van der Waals surface area contributed by atoms with Gasteiger partial charge in [0.15, 0.2) is 0 Å². The molecule has 0 radical (unpaired) electrons. The third-order valence-corrected chi connectivity index (χ3v) is 5.28. The lowest BCUT2D eigenvalue weighted by Gasteiger charge is -2.20. The number of rotatable bonds is 3. The summed E-state index contributed by atoms with van der Waals surface area (Å²) in [5.41, 5.74) is 4.82. The molecule has 1 aliphatic heterocycles. The average molecular weight is 394 g/mol. The number of ether oxygens (including phenoxy) is 1. The van der Waals surface area contributed by atoms with Crippen LogP contribution in [0.4, 0.5) is 0 Å². The highest BCUT2D eigenvalue weighted by atomic mass is 16.5. The summed E-state index contributed by atoms with van der Waals surface area (Å²) in [4.78, 5) is 22.4. The third-order valence-electron chi connectivity index (χ3n) is 5.28. The van der Waals surface area contributed by atoms with Crippen molar-refractivity contribution in [2.45, 2.75) is 6.54 Å². The summed E-state index contributed by atoms with van der Waals surface area (Å²) in [5.74, 6) is 0.510. The average Bonchev–Trinajstić information content (AvgIpc) is 3.20. The zero-order valence-corrected chi connectivity index (χ0v) is 16.1. The number of pyridine rings is 1. The summed E-state index contributed by atoms with van der Waals surface area (Å²) >= 11 is 0. The van der Waals surface area contributed by atoms with Crippen LogP contribution in [-0.2, 0) is 6.54 Å². The number of nitrogens with zero attached hydrogens (tertiary/aromatic N) is 3. The molecule has 5 rings (SSSR count). The van der Waals surface area contributed by atoms with Crippen LogP contribution in [0.25, 0.3) is 22.2 Å². The number of carbonyl (C=O) groups is 1. The second-order valence-corrected chi connectivity index (χ2v) is 7.24. The first-order valence-electron chi connectivity index (χ1n) is 9.70. The summed E-state index contributed by atoms with van der Waals surface area (Å²) < 4.78 is 5.92. The first kappa shape index (κ1) is 18.0. The van der Waals surface area contributed by atoms with Gasteiger partial charge in [-0.3, -0.25) is 4.79 Å². The van der Waals surface area contributed by atoms with E-state index < -0.39 is 0 Å². The van der Waals surface area contributed by atoms with Crippen molar-refractivity contribution in [3.05, 3.63) is 83.7 Å². The molecule has 30 heavy (non-hydrogen) atoms. The van der Waals surface area contributed by atoms with Gasteiger partial charge in [0.2, 0.25) is 0 Å². The minimum absolute atomic E-state index is 0.0735. The van der Waals surface area contributed by atoms with Gasteiger partial charge in [-0.2, -0.15) is 5.26 Å². The highest BCUT2D eigenvalue weighted by Crippen LogP contribution is 2.31. The molecule has 3 heterocycles. The molecule has 1 amide bonds. The Balaban J connectivity index is 1.44. The summed E-state index contributed by atoms with van der Waals surface area (Å²) in [6.07, 6.45) is 3.68. The van der Waals surface area contributed by atoms with Gasteiger partial charge in [0, 0.05) is 29.9 Å². The van der Waals surface area contributed by atoms with E-state index in [0.29, 0.717) is 36.6 Å². The molecular weight excluding hydrogens is 376 g/mol. The van der Waals surface area contributed by atoms with Crippen molar-refractivity contribution in [3.63, 3.8) is 0 Å². The Kier molecular flexibility index (Phi) is 4.41. The number of hydrogen-bond donors (Lipinski definition) is 1. The summed E-state index contributed by atoms with van der Waals surface area (Å²) in [6, 6.07) is 19.2. The lowest BCUT2D eigenvalue weighted by Crippen LogP contribution is -2.31. The van der Waals surface area contributed by atoms with Crippen molar-refractivity contribution in [1.82, 2.24) is 14.9 Å². The fraction of sp³-hybridized carbons (Fsp3) is 0.125. The Morgan fingerprint density at radius 1 is 1.13 bits per heavy atom. The summed E-state index contributed by atoms with van der Waals surface area (Å²) in [5, 5.41) is 10.1. The van der Waals surface area contributed by atoms with Gasteiger partial charge in [-0.1, -0.05) is 18.2 Å². The standard InChI is InChI=1S/C24H18N4O2/c25-13-16-2-1-3-17(10-16)15-28-8-9-30-22-12-18(4-5-21(22)24(28)29)20-11-19-6-7-26-23(19)27-14-20/h1-7,10-12,14H,8-9,15H2,(H,26,27). The van der Waals surface area contributed by atoms with E-state index in [1.54, 1.807) is 11.0 Å². The van der Waals surface area contributed by atoms with Crippen molar-refractivity contribution in [3.8, 4) is 22.9 Å². The quantitative estimate of drug-likeness (QED) is 0.566. The molecule has 6 heteroatoms. The molecule has 2 aromatic carbocycles. The Morgan fingerprint density at radius 3 is 2.97 bits per heavy atom. The number of aromatic nitrogens is 2. The molecule has 0 saturated carbocycles. The predicted octanol–water partition coefficient (Wildman–Crippen LogP) is 4.14. The largest absolute Gasteiger partial charge is 0.491 e. The van der Waals surface area contributed by atoms with Crippen LogP contribution in [0.15, 0.2) is 67.0 Å². The molecule has 0 unspecified atom stereocenters. The highest BCUT2D eigenvalue weighted by molar-refractivity contribution is 5.98. The molecule has 2 aromatic heterocycles. The molecule has 6 nitrogen and oxygen atoms in total. The molecule has 0 bridgehead atoms. The van der Waals surface area contributed by atoms with Crippen molar-refractivity contribution in [2.75, 3.05) is 13.2 Å². The maximum absolute atomic E-state index is 13.1. The number of nitrogens with one attached hydrogen (secondary N) is 1. The number of fused-ring (bicyclic) bond motifs is 2. The fourth-order valence-corrected chi connectivity index (χ4v) is 3.74. The number of nitriles is 1. The fourth-order valence-electron chi connectivity index (χ4n) is 3.74. The van der Waals surface area contributed by atoms with Crippen molar-refractivity contribution in [2.24, 2.45) is 0 Å². The van der Waals surface area contributed by atoms with Crippen molar-refractivity contribution in [1.29, 1.82) is 5.26 Å². The van der Waals surface area contributed by atoms with Gasteiger partial charge in [0.05, 0.1) is 23.7 Å². The number of amides is 1. The minimum atomic E-state index is -0.0735. The van der Waals surface area contributed by atoms with Crippen LogP contribution >= 0.6 is 0 Å². The minimum Gasteiger partial charge on any atom is -0.491 e. The van der Waals surface area contributed by atoms with E-state index in [-0.39, 0.29) is 5.91 Å². The Labute approximate surface area is 173 Å². The smallest absolute Gasteiger partial charge is 0.258 e. The molecule has 146 valence electrons. The van der Waals surface area contributed by atoms with E-state index in [0.717, 1.165) is 27.7 Å². The Morgan fingerprint density at radius 2 is 2.07 bits per heavy atom. The van der Waals surface area contributed by atoms with E-state index in [1.807, 2.05) is 54.9 Å². The lowest BCUT2D eigenvalue weighted by molar-refractivity contribution is 0.0743. The topological polar surface area (TPSA) is 82.0 Å². The number of carbonyl (C=O) groups excluding carboxylic acids is 1. The van der Waals surface area contributed by atoms with Crippen molar-refractivity contribution < 1.29 is 9.53 Å². The molecule has 0 spiro atoms. The second-order valence-electron chi connectivity index (χ2n) is 7.24. The SMILES string of the molecule is N#Cc1cccc(CN2CCOc3cc(-c4cnc5[nH]ccc5c4)ccc3C2=O)c1. The van der Waals surface area contributed by atoms with Gasteiger partial charge in [-0.15, -0.1) is 0 Å². The van der Waals surface area contributed by atoms with Crippen LogP contribution < -0.4 is 4.74 Å². The maximum Gasteiger partial charge on any atom is 0.258 e. The highest BCUT2D eigenvalue weighted by Gasteiger charge is 2.24. The zero-order chi connectivity index (χ0) is 20.5. The van der Waals surface area contributed by atoms with Crippen LogP contribution in [0.5, 0.6) is 5.75 Å². The molecule has 1 N–H and O–H groups in total. The molecule has 4 aromatic rings. The first-order chi connectivity index (χ1) is 14.7. The van der Waals surface area contributed by atoms with Crippen LogP contribution in [0, 0.1) is 11.3 Å². The van der Waals surface area contributed by atoms with E-state index in [1.165, 1.54) is 0 Å². The molecule has 1 aliphatic rings. The summed E-state index contributed by atoms with van der Waals surface area (Å²) in [6.45, 7) is 1.33. The number of benzene rings is 2. The number of aromatic amines is 1. The predicted molar refractivity (Wildman–Crippen MR) is 113 cm³/mol. The Bertz CT molecular complexity index is 1300. The van der Waals surface area contributed by atoms with Crippen LogP contribution in [0.1, 0.15) is 21.5 Å². The van der Waals surface area contributed by atoms with Gasteiger partial charge >= 0.3 is 0 Å². The van der Waals surface area contributed by atoms with E-state index in [2.05, 4.69) is 22.1 Å². The maximum atomic E-state index is 13.1. The molecule has 0 saturated heterocycles. The number of hydrogen-bond acceptors (Lipinski definition) is 4. The van der Waals surface area contributed by atoms with E-state index >= 15 is 0 Å². The first-order valence-corrected chi connectivity index (χ1v) is 9.70. The van der Waals surface area contributed by atoms with E-state index in [4.69, 9.17) is 10.00 Å². The molecule has 0 atom stereocenters. The molecular formula is C24H18N4O2. The Hall–Kier alpha value is -4.11. The summed E-state index contributed by atoms with van der Waals surface area (Å²) in [7, 11) is 0. The lowest BCUT2D eigenvalue weighted by atomic mass is 10.0. The van der Waals surface area contributed by atoms with Crippen molar-refractivity contribution >= 4 is 16.9 Å². The monoisotopic (exact) mass is 394 g/mol. The zero-order valence-electron chi connectivity index (χ0n) is 16.1. The third kappa shape index (κ3) is 3.27. The van der Waals surface area contributed by atoms with Crippen LogP contribution in [0.2, 0.25) is 0 Å². The normalized spacial score (nSPS) is 13.4. The van der Waals surface area contributed by atoms with Gasteiger partial charge in [0.1, 0.15) is 18.0 Å².